The molecule has 1 saturated heterocycles. The summed E-state index contributed by atoms with van der Waals surface area (Å²) in [5, 5.41) is 2.92. The average Bonchev–Trinajstić information content (AvgIpc) is 2.32. The van der Waals surface area contributed by atoms with Crippen molar-refractivity contribution < 1.29 is 21.3 Å². The molecule has 2 unspecified atom stereocenters. The second-order valence-electron chi connectivity index (χ2n) is 6.61. The number of amides is 1. The van der Waals surface area contributed by atoms with E-state index in [1.54, 1.807) is 6.92 Å². The fourth-order valence-corrected chi connectivity index (χ4v) is 16.3. The van der Waals surface area contributed by atoms with Crippen LogP contribution < -0.4 is 5.32 Å². The van der Waals surface area contributed by atoms with Crippen LogP contribution in [0.25, 0.3) is 0 Å². The Labute approximate surface area is 140 Å². The van der Waals surface area contributed by atoms with E-state index in [1.165, 1.54) is 0 Å². The summed E-state index contributed by atoms with van der Waals surface area (Å²) in [4.78, 5) is 11.6. The summed E-state index contributed by atoms with van der Waals surface area (Å²) in [6.45, 7) is 15.5. The van der Waals surface area contributed by atoms with Crippen molar-refractivity contribution in [2.45, 2.75) is 58.5 Å². The van der Waals surface area contributed by atoms with Crippen LogP contribution in [0.2, 0.25) is 32.2 Å². The maximum atomic E-state index is 11.6. The number of carbonyl (C=O) groups is 1. The number of carbonyl (C=O) groups excluding carboxylic acids is 1. The summed E-state index contributed by atoms with van der Waals surface area (Å²) in [6, 6.07) is 0.920. The van der Waals surface area contributed by atoms with E-state index in [0.29, 0.717) is 5.57 Å². The van der Waals surface area contributed by atoms with Crippen LogP contribution in [0.5, 0.6) is 0 Å². The van der Waals surface area contributed by atoms with Crippen LogP contribution >= 0.6 is 0 Å². The van der Waals surface area contributed by atoms with E-state index in [1.807, 2.05) is 33.1 Å². The minimum absolute atomic E-state index is 0.0773. The zero-order chi connectivity index (χ0) is 17.0. The minimum atomic E-state index is -2.20. The van der Waals surface area contributed by atoms with Crippen LogP contribution in [0.1, 0.15) is 20.3 Å². The standard InChI is InChI=1S/C12H29NO5Si4/c1-10(2)12(14)13-11(3)8-9-20-15-19-16-21(4,5)18-22(6,7)17-20/h11,20H,1,8-9,19H2,2-7H3,(H,13,14). The Morgan fingerprint density at radius 2 is 1.95 bits per heavy atom. The lowest BCUT2D eigenvalue weighted by molar-refractivity contribution is -0.118. The fraction of sp³-hybridized carbons (Fsp3) is 0.750. The first-order valence-electron chi connectivity index (χ1n) is 7.61. The predicted molar refractivity (Wildman–Crippen MR) is 96.8 cm³/mol. The zero-order valence-electron chi connectivity index (χ0n) is 14.5. The Morgan fingerprint density at radius 1 is 1.32 bits per heavy atom. The number of nitrogens with one attached hydrogen (secondary N) is 1. The van der Waals surface area contributed by atoms with Crippen LogP contribution in [0.3, 0.4) is 0 Å². The molecule has 0 aromatic heterocycles. The van der Waals surface area contributed by atoms with Crippen LogP contribution in [0.15, 0.2) is 12.2 Å². The van der Waals surface area contributed by atoms with Crippen LogP contribution in [0, 0.1) is 0 Å². The van der Waals surface area contributed by atoms with Gasteiger partial charge < -0.3 is 21.8 Å². The van der Waals surface area contributed by atoms with E-state index < -0.39 is 36.4 Å². The van der Waals surface area contributed by atoms with E-state index in [0.717, 1.165) is 12.5 Å². The molecule has 0 aromatic carbocycles. The molecule has 1 N–H and O–H groups in total. The quantitative estimate of drug-likeness (QED) is 0.573. The summed E-state index contributed by atoms with van der Waals surface area (Å²) in [5.41, 5.74) is 0.525. The largest absolute Gasteiger partial charge is 0.422 e. The van der Waals surface area contributed by atoms with Gasteiger partial charge in [-0.15, -0.1) is 0 Å². The molecule has 1 heterocycles. The molecule has 0 aliphatic carbocycles. The summed E-state index contributed by atoms with van der Waals surface area (Å²) in [5.74, 6) is -0.0998. The van der Waals surface area contributed by atoms with Gasteiger partial charge in [-0.05, 0) is 52.5 Å². The molecule has 1 aliphatic heterocycles. The molecule has 1 amide bonds. The maximum Gasteiger partial charge on any atom is 0.313 e. The highest BCUT2D eigenvalue weighted by Gasteiger charge is 2.40. The molecular weight excluding hydrogens is 350 g/mol. The van der Waals surface area contributed by atoms with Crippen LogP contribution in [0.4, 0.5) is 0 Å². The highest BCUT2D eigenvalue weighted by atomic mass is 28.5. The summed E-state index contributed by atoms with van der Waals surface area (Å²) in [7, 11) is -7.11. The fourth-order valence-electron chi connectivity index (χ4n) is 2.20. The Morgan fingerprint density at radius 3 is 2.55 bits per heavy atom. The second kappa shape index (κ2) is 8.15. The molecular formula is C12H29NO5Si4. The summed E-state index contributed by atoms with van der Waals surface area (Å²) < 4.78 is 24.2. The van der Waals surface area contributed by atoms with Crippen LogP contribution in [-0.2, 0) is 21.3 Å². The summed E-state index contributed by atoms with van der Waals surface area (Å²) in [6.07, 6.45) is 0.829. The monoisotopic (exact) mass is 379 g/mol. The third-order valence-corrected chi connectivity index (χ3v) is 16.5. The Hall–Kier alpha value is -0.0825. The normalized spacial score (nSPS) is 26.7. The third-order valence-electron chi connectivity index (χ3n) is 3.17. The molecule has 1 aliphatic rings. The highest BCUT2D eigenvalue weighted by Crippen LogP contribution is 2.21. The lowest BCUT2D eigenvalue weighted by atomic mass is 10.2. The Bertz CT molecular complexity index is 418. The Balaban J connectivity index is 2.48. The molecule has 0 radical (unpaired) electrons. The van der Waals surface area contributed by atoms with Gasteiger partial charge >= 0.3 is 26.4 Å². The number of rotatable bonds is 5. The third kappa shape index (κ3) is 7.46. The van der Waals surface area contributed by atoms with Crippen molar-refractivity contribution in [3.05, 3.63) is 12.2 Å². The van der Waals surface area contributed by atoms with Crippen LogP contribution in [-0.4, -0.2) is 48.4 Å². The molecule has 0 spiro atoms. The maximum absolute atomic E-state index is 11.6. The highest BCUT2D eigenvalue weighted by molar-refractivity contribution is 6.84. The minimum Gasteiger partial charge on any atom is -0.422 e. The number of hydrogen-bond donors (Lipinski definition) is 1. The molecule has 128 valence electrons. The van der Waals surface area contributed by atoms with Gasteiger partial charge in [0.25, 0.3) is 10.0 Å². The molecule has 0 aromatic rings. The molecule has 0 saturated carbocycles. The topological polar surface area (TPSA) is 66.0 Å². The lowest BCUT2D eigenvalue weighted by Crippen LogP contribution is -2.55. The van der Waals surface area contributed by atoms with E-state index >= 15 is 0 Å². The van der Waals surface area contributed by atoms with Crippen molar-refractivity contribution in [2.75, 3.05) is 0 Å². The predicted octanol–water partition coefficient (Wildman–Crippen LogP) is 1.16. The Kier molecular flexibility index (Phi) is 7.39. The van der Waals surface area contributed by atoms with Gasteiger partial charge in [0.1, 0.15) is 0 Å². The molecule has 10 heteroatoms. The zero-order valence-corrected chi connectivity index (χ0v) is 19.1. The smallest absolute Gasteiger partial charge is 0.313 e. The first-order chi connectivity index (χ1) is 10.0. The van der Waals surface area contributed by atoms with Crippen molar-refractivity contribution in [1.29, 1.82) is 0 Å². The average molecular weight is 380 g/mol. The van der Waals surface area contributed by atoms with Crippen molar-refractivity contribution in [3.8, 4) is 0 Å². The molecule has 0 bridgehead atoms. The van der Waals surface area contributed by atoms with Crippen molar-refractivity contribution >= 4 is 42.3 Å². The van der Waals surface area contributed by atoms with E-state index in [-0.39, 0.29) is 11.9 Å². The molecule has 22 heavy (non-hydrogen) atoms. The first-order valence-corrected chi connectivity index (χ1v) is 16.2. The molecule has 1 fully saturated rings. The summed E-state index contributed by atoms with van der Waals surface area (Å²) >= 11 is 0. The van der Waals surface area contributed by atoms with Gasteiger partial charge in [0.05, 0.1) is 0 Å². The van der Waals surface area contributed by atoms with E-state index in [9.17, 15) is 4.79 Å². The van der Waals surface area contributed by atoms with Gasteiger partial charge in [-0.3, -0.25) is 4.79 Å². The van der Waals surface area contributed by atoms with Gasteiger partial charge in [0.15, 0.2) is 0 Å². The molecule has 6 nitrogen and oxygen atoms in total. The van der Waals surface area contributed by atoms with Crippen molar-refractivity contribution in [1.82, 2.24) is 5.32 Å². The van der Waals surface area contributed by atoms with E-state index in [2.05, 4.69) is 11.9 Å². The molecule has 2 atom stereocenters. The van der Waals surface area contributed by atoms with Crippen molar-refractivity contribution in [2.24, 2.45) is 0 Å². The van der Waals surface area contributed by atoms with E-state index in [4.69, 9.17) is 16.5 Å². The van der Waals surface area contributed by atoms with Gasteiger partial charge in [0.2, 0.25) is 5.91 Å². The van der Waals surface area contributed by atoms with Gasteiger partial charge in [-0.25, -0.2) is 0 Å². The lowest BCUT2D eigenvalue weighted by Gasteiger charge is -2.38. The van der Waals surface area contributed by atoms with Crippen molar-refractivity contribution in [3.63, 3.8) is 0 Å². The van der Waals surface area contributed by atoms with Gasteiger partial charge in [0, 0.05) is 11.6 Å². The number of hydrogen-bond acceptors (Lipinski definition) is 5. The second-order valence-corrected chi connectivity index (χ2v) is 18.1. The van der Waals surface area contributed by atoms with Gasteiger partial charge in [-0.2, -0.15) is 0 Å². The first kappa shape index (κ1) is 20.0. The van der Waals surface area contributed by atoms with Gasteiger partial charge in [-0.1, -0.05) is 6.58 Å². The SMILES string of the molecule is C=C(C)C(=O)NC(C)CC[SiH]1O[SiH2]O[Si](C)(C)O[Si](C)(C)O1. The molecule has 1 rings (SSSR count).